The normalized spacial score (nSPS) is 11.1. The van der Waals surface area contributed by atoms with Crippen molar-refractivity contribution in [3.8, 4) is 17.6 Å². The summed E-state index contributed by atoms with van der Waals surface area (Å²) >= 11 is 6.27. The number of nitrogens with one attached hydrogen (secondary N) is 1. The monoisotopic (exact) mass is 558 g/mol. The summed E-state index contributed by atoms with van der Waals surface area (Å²) in [4.78, 5) is 13.0. The number of nitrogens with zero attached hydrogens (tertiary/aromatic N) is 1. The van der Waals surface area contributed by atoms with E-state index < -0.39 is 5.91 Å². The Balaban J connectivity index is 1.30. The third kappa shape index (κ3) is 6.94. The Bertz CT molecular complexity index is 1760. The number of nitriles is 1. The van der Waals surface area contributed by atoms with Crippen LogP contribution in [0.1, 0.15) is 22.3 Å². The molecular weight excluding hydrogens is 532 g/mol. The standard InChI is InChI=1S/C35H27ClN2O3/c1-24-11-12-26-9-5-6-10-32(26)33(24)23-41-34-18-13-29(36)20-27(34)19-28(21-37)35(39)38-30-14-16-31(17-15-30)40-22-25-7-3-2-4-8-25/h2-20H,22-23H2,1H3,(H,38,39)/b28-19+. The van der Waals surface area contributed by atoms with Gasteiger partial charge in [-0.1, -0.05) is 78.3 Å². The highest BCUT2D eigenvalue weighted by Gasteiger charge is 2.13. The molecule has 41 heavy (non-hydrogen) atoms. The van der Waals surface area contributed by atoms with E-state index >= 15 is 0 Å². The lowest BCUT2D eigenvalue weighted by atomic mass is 10.0. The highest BCUT2D eigenvalue weighted by atomic mass is 35.5. The minimum atomic E-state index is -0.540. The van der Waals surface area contributed by atoms with E-state index in [2.05, 4.69) is 29.6 Å². The van der Waals surface area contributed by atoms with Gasteiger partial charge in [-0.2, -0.15) is 5.26 Å². The summed E-state index contributed by atoms with van der Waals surface area (Å²) in [5.74, 6) is 0.647. The number of halogens is 1. The van der Waals surface area contributed by atoms with Gasteiger partial charge in [0.2, 0.25) is 0 Å². The van der Waals surface area contributed by atoms with E-state index in [1.807, 2.05) is 55.5 Å². The molecule has 0 unspecified atom stereocenters. The van der Waals surface area contributed by atoms with Gasteiger partial charge in [0.1, 0.15) is 36.4 Å². The van der Waals surface area contributed by atoms with Crippen LogP contribution in [-0.2, 0) is 18.0 Å². The minimum absolute atomic E-state index is 0.0807. The van der Waals surface area contributed by atoms with Gasteiger partial charge >= 0.3 is 0 Å². The van der Waals surface area contributed by atoms with Gasteiger partial charge in [-0.15, -0.1) is 0 Å². The first-order valence-electron chi connectivity index (χ1n) is 13.1. The summed E-state index contributed by atoms with van der Waals surface area (Å²) in [5, 5.41) is 15.3. The molecule has 0 bridgehead atoms. The van der Waals surface area contributed by atoms with Crippen LogP contribution in [0.5, 0.6) is 11.5 Å². The van der Waals surface area contributed by atoms with Crippen LogP contribution in [0.25, 0.3) is 16.8 Å². The van der Waals surface area contributed by atoms with Gasteiger partial charge in [-0.05, 0) is 77.4 Å². The van der Waals surface area contributed by atoms with E-state index in [1.54, 1.807) is 42.5 Å². The molecule has 0 spiro atoms. The lowest BCUT2D eigenvalue weighted by molar-refractivity contribution is -0.112. The molecule has 0 saturated heterocycles. The van der Waals surface area contributed by atoms with Crippen molar-refractivity contribution >= 4 is 40.0 Å². The maximum Gasteiger partial charge on any atom is 0.266 e. The smallest absolute Gasteiger partial charge is 0.266 e. The second-order valence-electron chi connectivity index (χ2n) is 9.48. The zero-order valence-electron chi connectivity index (χ0n) is 22.4. The molecule has 0 heterocycles. The molecule has 0 aromatic heterocycles. The van der Waals surface area contributed by atoms with Crippen LogP contribution in [-0.4, -0.2) is 5.91 Å². The summed E-state index contributed by atoms with van der Waals surface area (Å²) in [6.45, 7) is 2.81. The molecule has 0 saturated carbocycles. The summed E-state index contributed by atoms with van der Waals surface area (Å²) in [6, 6.07) is 36.3. The quantitative estimate of drug-likeness (QED) is 0.145. The van der Waals surface area contributed by atoms with Crippen LogP contribution in [0, 0.1) is 18.3 Å². The molecule has 0 atom stereocenters. The summed E-state index contributed by atoms with van der Waals surface area (Å²) in [5.41, 5.74) is 4.24. The Morgan fingerprint density at radius 2 is 1.63 bits per heavy atom. The van der Waals surface area contributed by atoms with E-state index in [-0.39, 0.29) is 5.57 Å². The molecule has 1 N–H and O–H groups in total. The first kappa shape index (κ1) is 27.5. The maximum atomic E-state index is 13.0. The summed E-state index contributed by atoms with van der Waals surface area (Å²) in [7, 11) is 0. The highest BCUT2D eigenvalue weighted by Crippen LogP contribution is 2.29. The number of ether oxygens (including phenoxy) is 2. The highest BCUT2D eigenvalue weighted by molar-refractivity contribution is 6.30. The third-order valence-electron chi connectivity index (χ3n) is 6.64. The van der Waals surface area contributed by atoms with Gasteiger partial charge < -0.3 is 14.8 Å². The molecule has 0 radical (unpaired) electrons. The second kappa shape index (κ2) is 12.9. The number of carbonyl (C=O) groups excluding carboxylic acids is 1. The van der Waals surface area contributed by atoms with Gasteiger partial charge in [0, 0.05) is 21.8 Å². The Morgan fingerprint density at radius 3 is 2.41 bits per heavy atom. The number of rotatable bonds is 9. The number of fused-ring (bicyclic) bond motifs is 1. The molecule has 1 amide bonds. The Hall–Kier alpha value is -5.05. The average molecular weight is 559 g/mol. The van der Waals surface area contributed by atoms with Crippen molar-refractivity contribution in [1.29, 1.82) is 5.26 Å². The Kier molecular flexibility index (Phi) is 8.64. The van der Waals surface area contributed by atoms with Gasteiger partial charge in [0.05, 0.1) is 0 Å². The molecule has 6 heteroatoms. The zero-order chi connectivity index (χ0) is 28.6. The van der Waals surface area contributed by atoms with E-state index in [1.165, 1.54) is 6.08 Å². The minimum Gasteiger partial charge on any atom is -0.489 e. The first-order chi connectivity index (χ1) is 20.0. The van der Waals surface area contributed by atoms with Crippen molar-refractivity contribution in [3.63, 3.8) is 0 Å². The van der Waals surface area contributed by atoms with E-state index in [0.29, 0.717) is 41.0 Å². The lowest BCUT2D eigenvalue weighted by Gasteiger charge is -2.14. The van der Waals surface area contributed by atoms with Crippen molar-refractivity contribution in [1.82, 2.24) is 0 Å². The molecule has 5 aromatic rings. The fourth-order valence-corrected chi connectivity index (χ4v) is 4.61. The lowest BCUT2D eigenvalue weighted by Crippen LogP contribution is -2.13. The fraction of sp³-hybridized carbons (Fsp3) is 0.0857. The van der Waals surface area contributed by atoms with Gasteiger partial charge in [0.15, 0.2) is 0 Å². The fourth-order valence-electron chi connectivity index (χ4n) is 4.43. The average Bonchev–Trinajstić information content (AvgIpc) is 3.00. The van der Waals surface area contributed by atoms with E-state index in [0.717, 1.165) is 27.5 Å². The summed E-state index contributed by atoms with van der Waals surface area (Å²) < 4.78 is 12.0. The number of hydrogen-bond acceptors (Lipinski definition) is 4. The molecule has 202 valence electrons. The first-order valence-corrected chi connectivity index (χ1v) is 13.5. The number of hydrogen-bond donors (Lipinski definition) is 1. The molecule has 0 fully saturated rings. The van der Waals surface area contributed by atoms with Crippen molar-refractivity contribution in [2.45, 2.75) is 20.1 Å². The molecule has 5 rings (SSSR count). The van der Waals surface area contributed by atoms with Crippen molar-refractivity contribution in [2.24, 2.45) is 0 Å². The van der Waals surface area contributed by atoms with Crippen LogP contribution < -0.4 is 14.8 Å². The van der Waals surface area contributed by atoms with E-state index in [4.69, 9.17) is 21.1 Å². The van der Waals surface area contributed by atoms with Crippen molar-refractivity contribution in [2.75, 3.05) is 5.32 Å². The molecule has 0 aliphatic carbocycles. The number of carbonyl (C=O) groups is 1. The van der Waals surface area contributed by atoms with Gasteiger partial charge in [-0.25, -0.2) is 0 Å². The second-order valence-corrected chi connectivity index (χ2v) is 9.91. The maximum absolute atomic E-state index is 13.0. The number of amides is 1. The summed E-state index contributed by atoms with van der Waals surface area (Å²) in [6.07, 6.45) is 1.49. The number of anilines is 1. The SMILES string of the molecule is Cc1ccc2ccccc2c1COc1ccc(Cl)cc1/C=C(\C#N)C(=O)Nc1ccc(OCc2ccccc2)cc1. The predicted molar refractivity (Wildman–Crippen MR) is 164 cm³/mol. The van der Waals surface area contributed by atoms with Gasteiger partial charge in [-0.3, -0.25) is 4.79 Å². The zero-order valence-corrected chi connectivity index (χ0v) is 23.2. The van der Waals surface area contributed by atoms with Crippen LogP contribution in [0.4, 0.5) is 5.69 Å². The largest absolute Gasteiger partial charge is 0.489 e. The van der Waals surface area contributed by atoms with Crippen LogP contribution in [0.15, 0.2) is 115 Å². The van der Waals surface area contributed by atoms with Crippen molar-refractivity contribution in [3.05, 3.63) is 142 Å². The Morgan fingerprint density at radius 1 is 0.878 bits per heavy atom. The van der Waals surface area contributed by atoms with Gasteiger partial charge in [0.25, 0.3) is 5.91 Å². The Labute approximate surface area is 244 Å². The van der Waals surface area contributed by atoms with Crippen LogP contribution in [0.2, 0.25) is 5.02 Å². The number of aryl methyl sites for hydroxylation is 1. The molecule has 5 nitrogen and oxygen atoms in total. The third-order valence-corrected chi connectivity index (χ3v) is 6.88. The molecule has 0 aliphatic heterocycles. The van der Waals surface area contributed by atoms with Crippen LogP contribution in [0.3, 0.4) is 0 Å². The molecule has 0 aliphatic rings. The van der Waals surface area contributed by atoms with Crippen molar-refractivity contribution < 1.29 is 14.3 Å². The molecular formula is C35H27ClN2O3. The number of benzene rings is 5. The molecule has 5 aromatic carbocycles. The van der Waals surface area contributed by atoms with E-state index in [9.17, 15) is 10.1 Å². The topological polar surface area (TPSA) is 71.3 Å². The van der Waals surface area contributed by atoms with Crippen LogP contribution >= 0.6 is 11.6 Å². The predicted octanol–water partition coefficient (Wildman–Crippen LogP) is 8.51.